The van der Waals surface area contributed by atoms with Crippen molar-refractivity contribution in [2.75, 3.05) is 5.75 Å². The van der Waals surface area contributed by atoms with Gasteiger partial charge in [-0.25, -0.2) is 4.39 Å². The van der Waals surface area contributed by atoms with Crippen molar-refractivity contribution in [3.63, 3.8) is 0 Å². The van der Waals surface area contributed by atoms with Crippen LogP contribution in [0.1, 0.15) is 5.56 Å². The van der Waals surface area contributed by atoms with E-state index in [2.05, 4.69) is 12.6 Å². The lowest BCUT2D eigenvalue weighted by molar-refractivity contribution is 0.628. The highest BCUT2D eigenvalue weighted by molar-refractivity contribution is 7.80. The summed E-state index contributed by atoms with van der Waals surface area (Å²) in [5.41, 5.74) is 0.609. The minimum absolute atomic E-state index is 0.0352. The van der Waals surface area contributed by atoms with Crippen molar-refractivity contribution in [3.05, 3.63) is 39.6 Å². The summed E-state index contributed by atoms with van der Waals surface area (Å²) >= 11 is 15.3. The lowest BCUT2D eigenvalue weighted by atomic mass is 10.2. The zero-order chi connectivity index (χ0) is 9.84. The van der Waals surface area contributed by atoms with E-state index < -0.39 is 5.82 Å². The minimum Gasteiger partial charge on any atom is -0.205 e. The van der Waals surface area contributed by atoms with E-state index in [-0.39, 0.29) is 5.02 Å². The molecule has 0 amide bonds. The Morgan fingerprint density at radius 1 is 1.31 bits per heavy atom. The number of hydrogen-bond acceptors (Lipinski definition) is 1. The number of halogens is 3. The fraction of sp³-hybridized carbons (Fsp3) is 0.111. The summed E-state index contributed by atoms with van der Waals surface area (Å²) in [6.07, 6.45) is 3.48. The SMILES string of the molecule is Fc1cc(C=CCS)c(Cl)cc1Cl. The topological polar surface area (TPSA) is 0 Å². The second kappa shape index (κ2) is 4.89. The molecule has 0 N–H and O–H groups in total. The molecule has 0 unspecified atom stereocenters. The van der Waals surface area contributed by atoms with Crippen molar-refractivity contribution in [1.29, 1.82) is 0 Å². The molecule has 0 aromatic heterocycles. The standard InChI is InChI=1S/C9H7Cl2FS/c10-7-5-8(11)9(12)4-6(7)2-1-3-13/h1-2,4-5,13H,3H2. The van der Waals surface area contributed by atoms with Crippen molar-refractivity contribution in [2.45, 2.75) is 0 Å². The molecule has 0 bridgehead atoms. The zero-order valence-electron chi connectivity index (χ0n) is 6.60. The Labute approximate surface area is 91.8 Å². The van der Waals surface area contributed by atoms with Crippen molar-refractivity contribution in [3.8, 4) is 0 Å². The predicted octanol–water partition coefficient (Wildman–Crippen LogP) is 4.08. The van der Waals surface area contributed by atoms with Crippen LogP contribution in [0.3, 0.4) is 0 Å². The second-order valence-corrected chi connectivity index (χ2v) is 3.55. The smallest absolute Gasteiger partial charge is 0.142 e. The minimum atomic E-state index is -0.468. The van der Waals surface area contributed by atoms with Crippen LogP contribution >= 0.6 is 35.8 Å². The van der Waals surface area contributed by atoms with Crippen molar-refractivity contribution in [2.24, 2.45) is 0 Å². The van der Waals surface area contributed by atoms with Gasteiger partial charge in [-0.1, -0.05) is 35.4 Å². The van der Waals surface area contributed by atoms with E-state index >= 15 is 0 Å². The third-order valence-electron chi connectivity index (χ3n) is 1.44. The highest BCUT2D eigenvalue weighted by Crippen LogP contribution is 2.25. The number of thiol groups is 1. The molecule has 13 heavy (non-hydrogen) atoms. The zero-order valence-corrected chi connectivity index (χ0v) is 9.00. The number of hydrogen-bond donors (Lipinski definition) is 1. The van der Waals surface area contributed by atoms with Gasteiger partial charge < -0.3 is 0 Å². The van der Waals surface area contributed by atoms with Crippen molar-refractivity contribution < 1.29 is 4.39 Å². The van der Waals surface area contributed by atoms with Crippen LogP contribution in [0.5, 0.6) is 0 Å². The highest BCUT2D eigenvalue weighted by Gasteiger charge is 2.03. The third-order valence-corrected chi connectivity index (χ3v) is 2.27. The lowest BCUT2D eigenvalue weighted by Crippen LogP contribution is -1.81. The van der Waals surface area contributed by atoms with Gasteiger partial charge >= 0.3 is 0 Å². The van der Waals surface area contributed by atoms with Crippen LogP contribution in [0.25, 0.3) is 6.08 Å². The molecule has 1 aromatic carbocycles. The first-order chi connectivity index (χ1) is 6.15. The molecule has 0 aliphatic carbocycles. The number of rotatable bonds is 2. The van der Waals surface area contributed by atoms with Crippen LogP contribution in [0.4, 0.5) is 4.39 Å². The summed E-state index contributed by atoms with van der Waals surface area (Å²) in [7, 11) is 0. The van der Waals surface area contributed by atoms with E-state index in [4.69, 9.17) is 23.2 Å². The van der Waals surface area contributed by atoms with E-state index in [1.807, 2.05) is 0 Å². The van der Waals surface area contributed by atoms with Gasteiger partial charge in [-0.3, -0.25) is 0 Å². The van der Waals surface area contributed by atoms with Crippen LogP contribution in [0.15, 0.2) is 18.2 Å². The summed E-state index contributed by atoms with van der Waals surface area (Å²) in [6.45, 7) is 0. The maximum atomic E-state index is 12.9. The van der Waals surface area contributed by atoms with E-state index in [9.17, 15) is 4.39 Å². The number of benzene rings is 1. The van der Waals surface area contributed by atoms with Gasteiger partial charge in [-0.2, -0.15) is 12.6 Å². The maximum Gasteiger partial charge on any atom is 0.142 e. The molecule has 70 valence electrons. The molecular weight excluding hydrogens is 230 g/mol. The van der Waals surface area contributed by atoms with Gasteiger partial charge in [0.15, 0.2) is 0 Å². The highest BCUT2D eigenvalue weighted by atomic mass is 35.5. The van der Waals surface area contributed by atoms with Crippen LogP contribution in [0, 0.1) is 5.82 Å². The molecule has 0 aliphatic rings. The van der Waals surface area contributed by atoms with Crippen LogP contribution in [-0.2, 0) is 0 Å². The molecule has 0 heterocycles. The predicted molar refractivity (Wildman–Crippen MR) is 59.3 cm³/mol. The van der Waals surface area contributed by atoms with Gasteiger partial charge in [0.05, 0.1) is 5.02 Å². The molecule has 0 nitrogen and oxygen atoms in total. The molecule has 1 aromatic rings. The van der Waals surface area contributed by atoms with Crippen molar-refractivity contribution in [1.82, 2.24) is 0 Å². The molecule has 4 heteroatoms. The van der Waals surface area contributed by atoms with Crippen LogP contribution in [-0.4, -0.2) is 5.75 Å². The average molecular weight is 237 g/mol. The van der Waals surface area contributed by atoms with E-state index in [1.54, 1.807) is 12.2 Å². The monoisotopic (exact) mass is 236 g/mol. The van der Waals surface area contributed by atoms with Gasteiger partial charge in [0.25, 0.3) is 0 Å². The molecule has 0 fully saturated rings. The Balaban J connectivity index is 3.08. The molecule has 0 radical (unpaired) electrons. The summed E-state index contributed by atoms with van der Waals surface area (Å²) in [5.74, 6) is 0.116. The van der Waals surface area contributed by atoms with Gasteiger partial charge in [0.1, 0.15) is 5.82 Å². The largest absolute Gasteiger partial charge is 0.205 e. The third kappa shape index (κ3) is 2.90. The fourth-order valence-electron chi connectivity index (χ4n) is 0.845. The summed E-state index contributed by atoms with van der Waals surface area (Å²) in [5, 5.41) is 0.470. The molecule has 0 saturated heterocycles. The van der Waals surface area contributed by atoms with E-state index in [0.717, 1.165) is 0 Å². The molecule has 1 rings (SSSR count). The summed E-state index contributed by atoms with van der Waals surface area (Å²) in [6, 6.07) is 2.68. The van der Waals surface area contributed by atoms with Gasteiger partial charge in [0.2, 0.25) is 0 Å². The molecule has 0 aliphatic heterocycles. The molecule has 0 saturated carbocycles. The first-order valence-electron chi connectivity index (χ1n) is 3.57. The summed E-state index contributed by atoms with van der Waals surface area (Å²) < 4.78 is 12.9. The Bertz CT molecular complexity index is 337. The maximum absolute atomic E-state index is 12.9. The molecule has 0 atom stereocenters. The van der Waals surface area contributed by atoms with Crippen LogP contribution in [0.2, 0.25) is 10.0 Å². The van der Waals surface area contributed by atoms with E-state index in [0.29, 0.717) is 16.3 Å². The van der Waals surface area contributed by atoms with Crippen LogP contribution < -0.4 is 0 Å². The Hall–Kier alpha value is -0.180. The Kier molecular flexibility index (Phi) is 4.10. The average Bonchev–Trinajstić information content (AvgIpc) is 2.09. The lowest BCUT2D eigenvalue weighted by Gasteiger charge is -2.00. The van der Waals surface area contributed by atoms with Gasteiger partial charge in [0, 0.05) is 10.8 Å². The first-order valence-corrected chi connectivity index (χ1v) is 4.96. The molecular formula is C9H7Cl2FS. The quantitative estimate of drug-likeness (QED) is 0.581. The fourth-order valence-corrected chi connectivity index (χ4v) is 1.40. The second-order valence-electron chi connectivity index (χ2n) is 2.37. The van der Waals surface area contributed by atoms with E-state index in [1.165, 1.54) is 12.1 Å². The Morgan fingerprint density at radius 3 is 2.62 bits per heavy atom. The van der Waals surface area contributed by atoms with Crippen molar-refractivity contribution >= 4 is 41.9 Å². The first kappa shape index (κ1) is 10.9. The van der Waals surface area contributed by atoms with Gasteiger partial charge in [-0.15, -0.1) is 0 Å². The summed E-state index contributed by atoms with van der Waals surface area (Å²) in [4.78, 5) is 0. The Morgan fingerprint density at radius 2 is 2.00 bits per heavy atom. The normalized spacial score (nSPS) is 11.1. The molecule has 0 spiro atoms. The van der Waals surface area contributed by atoms with Gasteiger partial charge in [-0.05, 0) is 17.7 Å².